The summed E-state index contributed by atoms with van der Waals surface area (Å²) in [5.74, 6) is -1.54. The zero-order valence-corrected chi connectivity index (χ0v) is 36.7. The number of nitrogens with one attached hydrogen (secondary N) is 3. The van der Waals surface area contributed by atoms with Crippen molar-refractivity contribution < 1.29 is 41.8 Å². The first-order valence-electron chi connectivity index (χ1n) is 20.8. The molecule has 17 heteroatoms. The fourth-order valence-electron chi connectivity index (χ4n) is 7.98. The molecule has 61 heavy (non-hydrogen) atoms. The van der Waals surface area contributed by atoms with Crippen LogP contribution in [0.2, 0.25) is 0 Å². The second kappa shape index (κ2) is 17.2. The third kappa shape index (κ3) is 10.0. The highest BCUT2D eigenvalue weighted by Gasteiger charge is 2.62. The molecule has 4 aliphatic rings. The average molecular weight is 860 g/mol. The van der Waals surface area contributed by atoms with Crippen LogP contribution in [0.3, 0.4) is 0 Å². The third-order valence-electron chi connectivity index (χ3n) is 11.5. The molecular formula is C44H57N7O9S. The minimum absolute atomic E-state index is 0.00619. The Morgan fingerprint density at radius 2 is 1.77 bits per heavy atom. The minimum Gasteiger partial charge on any atom is -0.497 e. The number of fused-ring (bicyclic) bond motifs is 3. The van der Waals surface area contributed by atoms with E-state index in [2.05, 4.69) is 15.4 Å². The summed E-state index contributed by atoms with van der Waals surface area (Å²) in [5, 5.41) is 6.49. The highest BCUT2D eigenvalue weighted by molar-refractivity contribution is 7.91. The normalized spacial score (nSPS) is 25.5. The Balaban J connectivity index is 1.25. The van der Waals surface area contributed by atoms with E-state index in [4.69, 9.17) is 19.2 Å². The van der Waals surface area contributed by atoms with Gasteiger partial charge in [0.1, 0.15) is 35.1 Å². The standard InChI is InChI=1S/C44H57N7O9S/c1-43(2,3)60-42(55)46-36-26-50(6)20-10-8-9-11-29-24-44(29,41(54)48-61(56,57)33-17-18-33)47-38(52)37-23-32(25-51(37)40(36)53)59-39-34-19-16-31(58-7)21-28(34)22-35(45-39)27-12-14-30(15-13-27)49(4)5/h9,11-16,19,21-22,29,32-33,36-37H,8,10,17-18,20,23-26H2,1-7H3,(H,46,55)(H,47,52)(H,48,54)/b11-9-/t29-,32-,36+,37+,44-/m1/s1. The van der Waals surface area contributed by atoms with Crippen LogP contribution in [0.15, 0.2) is 60.7 Å². The number of aromatic nitrogens is 1. The monoisotopic (exact) mass is 859 g/mol. The summed E-state index contributed by atoms with van der Waals surface area (Å²) in [5.41, 5.74) is 0.110. The van der Waals surface area contributed by atoms with E-state index in [1.165, 1.54) is 4.90 Å². The number of anilines is 1. The molecule has 7 rings (SSSR count). The van der Waals surface area contributed by atoms with Gasteiger partial charge in [-0.25, -0.2) is 18.2 Å². The summed E-state index contributed by atoms with van der Waals surface area (Å²) < 4.78 is 46.0. The lowest BCUT2D eigenvalue weighted by atomic mass is 10.1. The van der Waals surface area contributed by atoms with Gasteiger partial charge in [0, 0.05) is 49.6 Å². The molecule has 5 atom stereocenters. The number of pyridine rings is 1. The van der Waals surface area contributed by atoms with E-state index in [0.717, 1.165) is 16.6 Å². The van der Waals surface area contributed by atoms with Crippen molar-refractivity contribution in [3.63, 3.8) is 0 Å². The van der Waals surface area contributed by atoms with E-state index in [9.17, 15) is 27.6 Å². The number of allylic oxidation sites excluding steroid dienone is 1. The molecule has 0 bridgehead atoms. The molecule has 1 saturated heterocycles. The van der Waals surface area contributed by atoms with Gasteiger partial charge in [-0.3, -0.25) is 19.1 Å². The summed E-state index contributed by atoms with van der Waals surface area (Å²) in [6.45, 7) is 5.80. The average Bonchev–Trinajstić information content (AvgIpc) is 4.13. The Morgan fingerprint density at radius 1 is 1.03 bits per heavy atom. The van der Waals surface area contributed by atoms with Gasteiger partial charge in [-0.2, -0.15) is 0 Å². The van der Waals surface area contributed by atoms with Crippen LogP contribution in [0.25, 0.3) is 22.0 Å². The van der Waals surface area contributed by atoms with Crippen molar-refractivity contribution in [1.29, 1.82) is 0 Å². The fraction of sp³-hybridized carbons (Fsp3) is 0.523. The van der Waals surface area contributed by atoms with Gasteiger partial charge in [0.25, 0.3) is 5.91 Å². The number of hydrogen-bond donors (Lipinski definition) is 3. The predicted molar refractivity (Wildman–Crippen MR) is 231 cm³/mol. The molecule has 16 nitrogen and oxygen atoms in total. The zero-order valence-electron chi connectivity index (χ0n) is 35.9. The van der Waals surface area contributed by atoms with Gasteiger partial charge in [-0.1, -0.05) is 24.3 Å². The number of sulfonamides is 1. The second-order valence-electron chi connectivity index (χ2n) is 17.8. The molecule has 4 amide bonds. The molecular weight excluding hydrogens is 803 g/mol. The smallest absolute Gasteiger partial charge is 0.408 e. The van der Waals surface area contributed by atoms with Gasteiger partial charge < -0.3 is 39.5 Å². The summed E-state index contributed by atoms with van der Waals surface area (Å²) in [4.78, 5) is 66.8. The Morgan fingerprint density at radius 3 is 2.44 bits per heavy atom. The number of carbonyl (C=O) groups excluding carboxylic acids is 4. The first-order valence-corrected chi connectivity index (χ1v) is 22.4. The van der Waals surface area contributed by atoms with E-state index >= 15 is 0 Å². The maximum Gasteiger partial charge on any atom is 0.408 e. The number of ether oxygens (including phenoxy) is 3. The summed E-state index contributed by atoms with van der Waals surface area (Å²) in [7, 11) is 3.44. The Kier molecular flexibility index (Phi) is 12.3. The van der Waals surface area contributed by atoms with Gasteiger partial charge in [0.15, 0.2) is 0 Å². The lowest BCUT2D eigenvalue weighted by Gasteiger charge is -2.32. The summed E-state index contributed by atoms with van der Waals surface area (Å²) in [6, 6.07) is 13.1. The summed E-state index contributed by atoms with van der Waals surface area (Å²) in [6.07, 6.45) is 4.68. The van der Waals surface area contributed by atoms with E-state index in [-0.39, 0.29) is 31.8 Å². The molecule has 3 heterocycles. The second-order valence-corrected chi connectivity index (χ2v) is 19.8. The molecule has 1 aromatic heterocycles. The van der Waals surface area contributed by atoms with Crippen LogP contribution in [0.5, 0.6) is 11.6 Å². The third-order valence-corrected chi connectivity index (χ3v) is 13.4. The van der Waals surface area contributed by atoms with Crippen LogP contribution >= 0.6 is 0 Å². The van der Waals surface area contributed by atoms with Crippen LogP contribution in [0.1, 0.15) is 59.3 Å². The predicted octanol–water partition coefficient (Wildman–Crippen LogP) is 3.98. The van der Waals surface area contributed by atoms with Crippen LogP contribution in [-0.2, 0) is 29.1 Å². The molecule has 0 spiro atoms. The number of alkyl carbamates (subject to hydrolysis) is 1. The maximum atomic E-state index is 14.8. The van der Waals surface area contributed by atoms with Crippen molar-refractivity contribution in [2.24, 2.45) is 5.92 Å². The Bertz CT molecular complexity index is 2310. The minimum atomic E-state index is -3.92. The van der Waals surface area contributed by atoms with Crippen molar-refractivity contribution in [2.45, 2.75) is 93.9 Å². The first kappa shape index (κ1) is 43.7. The summed E-state index contributed by atoms with van der Waals surface area (Å²) >= 11 is 0. The van der Waals surface area contributed by atoms with Gasteiger partial charge in [0.2, 0.25) is 27.7 Å². The topological polar surface area (TPSA) is 189 Å². The molecule has 2 aromatic carbocycles. The van der Waals surface area contributed by atoms with Crippen LogP contribution in [0.4, 0.5) is 10.5 Å². The van der Waals surface area contributed by atoms with E-state index < -0.39 is 74.3 Å². The number of methoxy groups -OCH3 is 1. The maximum absolute atomic E-state index is 14.8. The van der Waals surface area contributed by atoms with E-state index in [0.29, 0.717) is 49.1 Å². The molecule has 328 valence electrons. The van der Waals surface area contributed by atoms with Crippen LogP contribution in [-0.4, -0.2) is 129 Å². The molecule has 2 aliphatic heterocycles. The number of nitrogens with zero attached hydrogens (tertiary/aromatic N) is 4. The highest BCUT2D eigenvalue weighted by atomic mass is 32.2. The molecule has 2 aliphatic carbocycles. The zero-order chi connectivity index (χ0) is 43.9. The van der Waals surface area contributed by atoms with Crippen LogP contribution in [0, 0.1) is 5.92 Å². The molecule has 3 fully saturated rings. The highest BCUT2D eigenvalue weighted by Crippen LogP contribution is 2.46. The molecule has 2 saturated carbocycles. The fourth-order valence-corrected chi connectivity index (χ4v) is 9.34. The molecule has 0 unspecified atom stereocenters. The number of likely N-dealkylation sites (N-methyl/N-ethyl adjacent to an activating group) is 1. The SMILES string of the molecule is COc1ccc2c(O[C@@H]3C[C@H]4C(=O)N[C@]5(C(=O)NS(=O)(=O)C6CC6)C[C@H]5/C=C\CCCN(C)C[C@H](NC(=O)OC(C)(C)C)C(=O)N4C3)nc(-c3ccc(N(C)C)cc3)cc2c1. The quantitative estimate of drug-likeness (QED) is 0.263. The largest absolute Gasteiger partial charge is 0.497 e. The van der Waals surface area contributed by atoms with Crippen LogP contribution < -0.4 is 29.7 Å². The molecule has 3 aromatic rings. The van der Waals surface area contributed by atoms with Crippen molar-refractivity contribution in [3.8, 4) is 22.9 Å². The number of amides is 4. The Labute approximate surface area is 357 Å². The Hall–Kier alpha value is -5.42. The van der Waals surface area contributed by atoms with Crippen molar-refractivity contribution in [1.82, 2.24) is 30.1 Å². The van der Waals surface area contributed by atoms with Gasteiger partial charge in [-0.15, -0.1) is 0 Å². The lowest BCUT2D eigenvalue weighted by molar-refractivity contribution is -0.141. The van der Waals surface area contributed by atoms with E-state index in [1.807, 2.05) is 85.6 Å². The lowest BCUT2D eigenvalue weighted by Crippen LogP contribution is -2.59. The molecule has 3 N–H and O–H groups in total. The van der Waals surface area contributed by atoms with E-state index in [1.54, 1.807) is 33.9 Å². The molecule has 0 radical (unpaired) electrons. The van der Waals surface area contributed by atoms with Crippen molar-refractivity contribution in [3.05, 3.63) is 60.7 Å². The van der Waals surface area contributed by atoms with Gasteiger partial charge in [-0.05, 0) is 108 Å². The number of rotatable bonds is 9. The number of carbonyl (C=O) groups is 4. The number of hydrogen-bond acceptors (Lipinski definition) is 12. The van der Waals surface area contributed by atoms with Crippen molar-refractivity contribution >= 4 is 50.3 Å². The van der Waals surface area contributed by atoms with Gasteiger partial charge in [0.05, 0.1) is 24.6 Å². The van der Waals surface area contributed by atoms with Crippen molar-refractivity contribution in [2.75, 3.05) is 52.8 Å². The number of benzene rings is 2. The first-order chi connectivity index (χ1) is 28.9. The van der Waals surface area contributed by atoms with Gasteiger partial charge >= 0.3 is 6.09 Å².